The first-order valence-corrected chi connectivity index (χ1v) is 13.9. The Balaban J connectivity index is 3.21. The van der Waals surface area contributed by atoms with Crippen LogP contribution in [0.15, 0.2) is 24.3 Å². The largest absolute Gasteiger partial charge is 0.388 e. The summed E-state index contributed by atoms with van der Waals surface area (Å²) in [6.07, 6.45) is 31.5. The van der Waals surface area contributed by atoms with Crippen LogP contribution in [0.2, 0.25) is 0 Å². The highest BCUT2D eigenvalue weighted by Gasteiger charge is 2.04. The molecule has 0 aliphatic rings. The Bertz CT molecular complexity index is 392. The highest BCUT2D eigenvalue weighted by Crippen LogP contribution is 2.09. The van der Waals surface area contributed by atoms with Crippen LogP contribution in [-0.4, -0.2) is 37.6 Å². The Morgan fingerprint density at radius 2 is 0.938 bits per heavy atom. The van der Waals surface area contributed by atoms with Crippen molar-refractivity contribution in [2.45, 2.75) is 136 Å². The van der Waals surface area contributed by atoms with E-state index < -0.39 is 6.10 Å². The van der Waals surface area contributed by atoms with Crippen molar-refractivity contribution in [1.82, 2.24) is 0 Å². The summed E-state index contributed by atoms with van der Waals surface area (Å²) in [6.45, 7) is 6.81. The Hall–Kier alpha value is -0.640. The van der Waals surface area contributed by atoms with Crippen LogP contribution in [0.3, 0.4) is 0 Å². The standard InChI is InChI=1S/C29H56O3/c1-3-5-7-9-11-12-13-14-15-16-17-18-19-20-22-24-26-32-28-29(30)27-31-25-23-21-10-8-6-4-2/h11-12,14-15,29-30H,3-10,13,16-28H2,1-2H3/t29-/m0/s1. The van der Waals surface area contributed by atoms with Gasteiger partial charge in [0, 0.05) is 13.2 Å². The van der Waals surface area contributed by atoms with Crippen LogP contribution < -0.4 is 0 Å². The molecule has 32 heavy (non-hydrogen) atoms. The summed E-state index contributed by atoms with van der Waals surface area (Å²) in [5.41, 5.74) is 0. The molecule has 0 aliphatic carbocycles. The van der Waals surface area contributed by atoms with Crippen LogP contribution in [0.25, 0.3) is 0 Å². The average Bonchev–Trinajstić information content (AvgIpc) is 2.80. The lowest BCUT2D eigenvalue weighted by Crippen LogP contribution is -2.22. The summed E-state index contributed by atoms with van der Waals surface area (Å²) in [7, 11) is 0. The maximum atomic E-state index is 9.90. The molecule has 0 heterocycles. The number of rotatable bonds is 26. The minimum Gasteiger partial charge on any atom is -0.388 e. The van der Waals surface area contributed by atoms with Crippen LogP contribution >= 0.6 is 0 Å². The number of aliphatic hydroxyl groups is 1. The molecule has 0 amide bonds. The number of unbranched alkanes of at least 4 members (excludes halogenated alkanes) is 14. The van der Waals surface area contributed by atoms with E-state index in [0.29, 0.717) is 13.2 Å². The fourth-order valence-corrected chi connectivity index (χ4v) is 3.66. The van der Waals surface area contributed by atoms with E-state index in [-0.39, 0.29) is 0 Å². The van der Waals surface area contributed by atoms with Gasteiger partial charge in [-0.05, 0) is 44.9 Å². The summed E-state index contributed by atoms with van der Waals surface area (Å²) in [4.78, 5) is 0. The van der Waals surface area contributed by atoms with E-state index in [4.69, 9.17) is 9.47 Å². The molecule has 0 radical (unpaired) electrons. The smallest absolute Gasteiger partial charge is 0.101 e. The lowest BCUT2D eigenvalue weighted by atomic mass is 10.1. The summed E-state index contributed by atoms with van der Waals surface area (Å²) >= 11 is 0. The number of allylic oxidation sites excluding steroid dienone is 4. The monoisotopic (exact) mass is 452 g/mol. The quantitative estimate of drug-likeness (QED) is 0.105. The van der Waals surface area contributed by atoms with Gasteiger partial charge in [-0.25, -0.2) is 0 Å². The zero-order valence-corrected chi connectivity index (χ0v) is 21.7. The van der Waals surface area contributed by atoms with Crippen LogP contribution in [0.4, 0.5) is 0 Å². The fraction of sp³-hybridized carbons (Fsp3) is 0.862. The average molecular weight is 453 g/mol. The molecule has 0 saturated carbocycles. The molecule has 1 atom stereocenters. The molecule has 0 saturated heterocycles. The first-order chi connectivity index (χ1) is 15.8. The highest BCUT2D eigenvalue weighted by atomic mass is 16.5. The van der Waals surface area contributed by atoms with Crippen LogP contribution in [-0.2, 0) is 9.47 Å². The molecule has 0 bridgehead atoms. The van der Waals surface area contributed by atoms with Crippen molar-refractivity contribution in [3.05, 3.63) is 24.3 Å². The van der Waals surface area contributed by atoms with E-state index in [1.807, 2.05) is 0 Å². The Labute approximate surface area is 201 Å². The molecule has 0 aliphatic heterocycles. The van der Waals surface area contributed by atoms with Gasteiger partial charge in [-0.2, -0.15) is 0 Å². The van der Waals surface area contributed by atoms with Gasteiger partial charge >= 0.3 is 0 Å². The van der Waals surface area contributed by atoms with Gasteiger partial charge in [-0.1, -0.05) is 109 Å². The predicted molar refractivity (Wildman–Crippen MR) is 140 cm³/mol. The summed E-state index contributed by atoms with van der Waals surface area (Å²) < 4.78 is 11.1. The Morgan fingerprint density at radius 3 is 1.47 bits per heavy atom. The molecule has 3 nitrogen and oxygen atoms in total. The molecular weight excluding hydrogens is 396 g/mol. The number of aliphatic hydroxyl groups excluding tert-OH is 1. The van der Waals surface area contributed by atoms with Gasteiger partial charge < -0.3 is 14.6 Å². The lowest BCUT2D eigenvalue weighted by molar-refractivity contribution is -0.0201. The third-order valence-electron chi connectivity index (χ3n) is 5.75. The first kappa shape index (κ1) is 31.4. The van der Waals surface area contributed by atoms with Crippen molar-refractivity contribution in [3.63, 3.8) is 0 Å². The van der Waals surface area contributed by atoms with Crippen molar-refractivity contribution in [2.75, 3.05) is 26.4 Å². The summed E-state index contributed by atoms with van der Waals surface area (Å²) in [5.74, 6) is 0. The van der Waals surface area contributed by atoms with Crippen molar-refractivity contribution in [2.24, 2.45) is 0 Å². The second-order valence-corrected chi connectivity index (χ2v) is 9.16. The van der Waals surface area contributed by atoms with Gasteiger partial charge in [0.2, 0.25) is 0 Å². The number of ether oxygens (including phenoxy) is 2. The second kappa shape index (κ2) is 28.4. The van der Waals surface area contributed by atoms with Crippen LogP contribution in [0.1, 0.15) is 129 Å². The van der Waals surface area contributed by atoms with Gasteiger partial charge in [0.25, 0.3) is 0 Å². The minimum absolute atomic E-state index is 0.400. The maximum absolute atomic E-state index is 9.90. The van der Waals surface area contributed by atoms with E-state index in [9.17, 15) is 5.11 Å². The van der Waals surface area contributed by atoms with Gasteiger partial charge in [-0.3, -0.25) is 0 Å². The van der Waals surface area contributed by atoms with E-state index in [0.717, 1.165) is 32.5 Å². The molecule has 0 aromatic rings. The van der Waals surface area contributed by atoms with Crippen LogP contribution in [0, 0.1) is 0 Å². The molecule has 190 valence electrons. The van der Waals surface area contributed by atoms with Crippen molar-refractivity contribution < 1.29 is 14.6 Å². The van der Waals surface area contributed by atoms with E-state index >= 15 is 0 Å². The van der Waals surface area contributed by atoms with E-state index in [1.54, 1.807) is 0 Å². The molecular formula is C29H56O3. The van der Waals surface area contributed by atoms with E-state index in [1.165, 1.54) is 96.3 Å². The number of hydrogen-bond donors (Lipinski definition) is 1. The van der Waals surface area contributed by atoms with Gasteiger partial charge in [-0.15, -0.1) is 0 Å². The Morgan fingerprint density at radius 1 is 0.531 bits per heavy atom. The molecule has 0 unspecified atom stereocenters. The van der Waals surface area contributed by atoms with E-state index in [2.05, 4.69) is 38.2 Å². The number of hydrogen-bond acceptors (Lipinski definition) is 3. The van der Waals surface area contributed by atoms with Crippen molar-refractivity contribution >= 4 is 0 Å². The molecule has 0 aromatic carbocycles. The maximum Gasteiger partial charge on any atom is 0.101 e. The summed E-state index contributed by atoms with van der Waals surface area (Å²) in [6, 6.07) is 0. The normalized spacial score (nSPS) is 13.0. The predicted octanol–water partition coefficient (Wildman–Crippen LogP) is 8.55. The lowest BCUT2D eigenvalue weighted by Gasteiger charge is -2.12. The zero-order valence-electron chi connectivity index (χ0n) is 21.7. The molecule has 0 rings (SSSR count). The molecule has 0 spiro atoms. The first-order valence-electron chi connectivity index (χ1n) is 13.9. The highest BCUT2D eigenvalue weighted by molar-refractivity contribution is 4.92. The Kier molecular flexibility index (Phi) is 27.8. The van der Waals surface area contributed by atoms with Crippen molar-refractivity contribution in [3.8, 4) is 0 Å². The molecule has 0 fully saturated rings. The van der Waals surface area contributed by atoms with Crippen molar-refractivity contribution in [1.29, 1.82) is 0 Å². The fourth-order valence-electron chi connectivity index (χ4n) is 3.66. The van der Waals surface area contributed by atoms with Gasteiger partial charge in [0.05, 0.1) is 13.2 Å². The van der Waals surface area contributed by atoms with Gasteiger partial charge in [0.1, 0.15) is 6.10 Å². The minimum atomic E-state index is -0.486. The SMILES string of the molecule is CCCCCC=CCC=CCCCCCCCCOC[C@@H](O)COCCCCCCCC. The molecule has 1 N–H and O–H groups in total. The topological polar surface area (TPSA) is 38.7 Å². The third kappa shape index (κ3) is 27.4. The van der Waals surface area contributed by atoms with Gasteiger partial charge in [0.15, 0.2) is 0 Å². The molecule has 0 aromatic heterocycles. The summed E-state index contributed by atoms with van der Waals surface area (Å²) in [5, 5.41) is 9.90. The third-order valence-corrected chi connectivity index (χ3v) is 5.75. The second-order valence-electron chi connectivity index (χ2n) is 9.16. The molecule has 3 heteroatoms. The zero-order chi connectivity index (χ0) is 23.4. The van der Waals surface area contributed by atoms with Crippen LogP contribution in [0.5, 0.6) is 0 Å².